The molecule has 2 heterocycles. The first kappa shape index (κ1) is 28.8. The minimum Gasteiger partial charge on any atom is -0.493 e. The van der Waals surface area contributed by atoms with Gasteiger partial charge in [0.25, 0.3) is 5.56 Å². The van der Waals surface area contributed by atoms with E-state index in [4.69, 9.17) is 14.5 Å². The van der Waals surface area contributed by atoms with Gasteiger partial charge < -0.3 is 19.8 Å². The van der Waals surface area contributed by atoms with E-state index in [0.29, 0.717) is 58.8 Å². The van der Waals surface area contributed by atoms with Crippen molar-refractivity contribution in [1.29, 1.82) is 0 Å². The molecule has 1 aromatic heterocycles. The summed E-state index contributed by atoms with van der Waals surface area (Å²) in [5.74, 6) is 1.73. The molecule has 0 spiro atoms. The largest absolute Gasteiger partial charge is 0.493 e. The molecule has 0 bridgehead atoms. The Morgan fingerprint density at radius 1 is 0.953 bits per heavy atom. The molecule has 43 heavy (non-hydrogen) atoms. The molecule has 0 saturated heterocycles. The van der Waals surface area contributed by atoms with Crippen molar-refractivity contribution < 1.29 is 14.3 Å². The number of methoxy groups -OCH3 is 1. The van der Waals surface area contributed by atoms with E-state index in [1.54, 1.807) is 7.11 Å². The van der Waals surface area contributed by atoms with E-state index < -0.39 is 5.92 Å². The molecule has 6 rings (SSSR count). The van der Waals surface area contributed by atoms with Crippen LogP contribution in [-0.2, 0) is 17.2 Å². The van der Waals surface area contributed by atoms with Crippen molar-refractivity contribution in [1.82, 2.24) is 9.97 Å². The van der Waals surface area contributed by atoms with Gasteiger partial charge in [-0.3, -0.25) is 9.59 Å². The van der Waals surface area contributed by atoms with Crippen LogP contribution in [0, 0.1) is 12.3 Å². The van der Waals surface area contributed by atoms with Crippen LogP contribution in [0.1, 0.15) is 60.4 Å². The number of hydrogen-bond acceptors (Lipinski definition) is 7. The predicted molar refractivity (Wildman–Crippen MR) is 170 cm³/mol. The van der Waals surface area contributed by atoms with Crippen LogP contribution >= 0.6 is 11.8 Å². The van der Waals surface area contributed by atoms with Crippen LogP contribution in [0.15, 0.2) is 94.0 Å². The van der Waals surface area contributed by atoms with Crippen molar-refractivity contribution in [2.24, 2.45) is 5.41 Å². The number of rotatable bonds is 8. The number of carbonyl (C=O) groups is 1. The second kappa shape index (κ2) is 11.8. The van der Waals surface area contributed by atoms with E-state index in [0.717, 1.165) is 22.4 Å². The van der Waals surface area contributed by atoms with Gasteiger partial charge in [0, 0.05) is 29.4 Å². The van der Waals surface area contributed by atoms with Gasteiger partial charge in [0.15, 0.2) is 22.4 Å². The maximum atomic E-state index is 13.8. The van der Waals surface area contributed by atoms with Gasteiger partial charge in [-0.25, -0.2) is 4.98 Å². The Morgan fingerprint density at radius 3 is 2.47 bits per heavy atom. The zero-order valence-electron chi connectivity index (χ0n) is 24.8. The lowest BCUT2D eigenvalue weighted by Gasteiger charge is -2.38. The van der Waals surface area contributed by atoms with Crippen LogP contribution in [0.4, 0.5) is 5.82 Å². The Bertz CT molecular complexity index is 1760. The number of nitrogens with one attached hydrogen (secondary N) is 2. The van der Waals surface area contributed by atoms with E-state index in [1.165, 1.54) is 17.3 Å². The lowest BCUT2D eigenvalue weighted by molar-refractivity contribution is -0.118. The van der Waals surface area contributed by atoms with Crippen LogP contribution in [0.3, 0.4) is 0 Å². The van der Waals surface area contributed by atoms with Crippen molar-refractivity contribution in [3.8, 4) is 11.5 Å². The number of nitrogens with zero attached hydrogens (tertiary/aromatic N) is 1. The van der Waals surface area contributed by atoms with Crippen molar-refractivity contribution in [3.05, 3.63) is 122 Å². The highest BCUT2D eigenvalue weighted by atomic mass is 32.2. The Kier molecular flexibility index (Phi) is 7.88. The molecule has 2 N–H and O–H groups in total. The van der Waals surface area contributed by atoms with Gasteiger partial charge in [-0.1, -0.05) is 91.8 Å². The Labute approximate surface area is 255 Å². The summed E-state index contributed by atoms with van der Waals surface area (Å²) in [5.41, 5.74) is 5.56. The third kappa shape index (κ3) is 6.11. The average molecular weight is 594 g/mol. The van der Waals surface area contributed by atoms with Crippen molar-refractivity contribution in [3.63, 3.8) is 0 Å². The van der Waals surface area contributed by atoms with Gasteiger partial charge >= 0.3 is 0 Å². The van der Waals surface area contributed by atoms with Crippen molar-refractivity contribution in [2.45, 2.75) is 57.0 Å². The number of ether oxygens (including phenoxy) is 2. The second-order valence-corrected chi connectivity index (χ2v) is 12.9. The third-order valence-electron chi connectivity index (χ3n) is 7.95. The molecular weight excluding hydrogens is 558 g/mol. The van der Waals surface area contributed by atoms with Crippen LogP contribution in [0.5, 0.6) is 11.5 Å². The number of Topliss-reactive ketones (excluding diaryl/α,β-unsaturated/α-hetero) is 1. The number of aromatic amines is 1. The molecule has 1 atom stereocenters. The van der Waals surface area contributed by atoms with Crippen LogP contribution in [0.25, 0.3) is 0 Å². The van der Waals surface area contributed by atoms with Gasteiger partial charge in [-0.2, -0.15) is 0 Å². The summed E-state index contributed by atoms with van der Waals surface area (Å²) in [6.45, 7) is 6.60. The topological polar surface area (TPSA) is 93.3 Å². The zero-order chi connectivity index (χ0) is 30.1. The van der Waals surface area contributed by atoms with E-state index in [-0.39, 0.29) is 16.8 Å². The maximum absolute atomic E-state index is 13.8. The number of allylic oxidation sites excluding steroid dienone is 2. The quantitative estimate of drug-likeness (QED) is 0.165. The molecule has 0 radical (unpaired) electrons. The number of ketones is 1. The molecule has 220 valence electrons. The molecule has 3 aromatic carbocycles. The van der Waals surface area contributed by atoms with Gasteiger partial charge in [-0.05, 0) is 47.6 Å². The van der Waals surface area contributed by atoms with Gasteiger partial charge in [0.05, 0.1) is 12.7 Å². The molecule has 7 nitrogen and oxygen atoms in total. The highest BCUT2D eigenvalue weighted by Gasteiger charge is 2.42. The zero-order valence-corrected chi connectivity index (χ0v) is 25.6. The summed E-state index contributed by atoms with van der Waals surface area (Å²) in [6, 6.07) is 23.8. The van der Waals surface area contributed by atoms with Gasteiger partial charge in [0.1, 0.15) is 12.4 Å². The average Bonchev–Trinajstić information content (AvgIpc) is 2.98. The molecular formula is C35H35N3O4S. The number of carbonyl (C=O) groups excluding carboxylic acids is 1. The number of hydrogen-bond donors (Lipinski definition) is 2. The third-order valence-corrected chi connectivity index (χ3v) is 8.90. The molecule has 2 aliphatic rings. The fourth-order valence-electron chi connectivity index (χ4n) is 5.85. The highest BCUT2D eigenvalue weighted by molar-refractivity contribution is 7.98. The monoisotopic (exact) mass is 593 g/mol. The highest BCUT2D eigenvalue weighted by Crippen LogP contribution is 2.48. The number of anilines is 1. The molecule has 1 aliphatic heterocycles. The minimum absolute atomic E-state index is 0.0363. The Hall–Kier alpha value is -4.30. The standard InChI is InChI=1S/C35H35N3O4S/c1-21-10-12-23(13-11-21)20-43-34-37-32-31(33(40)38-34)29(30-25(36-32)17-35(2,3)18-26(30)39)24-14-15-27(41-4)28(16-24)42-19-22-8-6-5-7-9-22/h5-16,29H,17-20H2,1-4H3,(H2,36,37,38,40). The molecule has 8 heteroatoms. The maximum Gasteiger partial charge on any atom is 0.257 e. The van der Waals surface area contributed by atoms with E-state index in [9.17, 15) is 9.59 Å². The second-order valence-electron chi connectivity index (χ2n) is 12.0. The number of aromatic nitrogens is 2. The Morgan fingerprint density at radius 2 is 1.72 bits per heavy atom. The first-order chi connectivity index (χ1) is 20.7. The number of thioether (sulfide) groups is 1. The van der Waals surface area contributed by atoms with E-state index >= 15 is 0 Å². The molecule has 1 unspecified atom stereocenters. The first-order valence-corrected chi connectivity index (χ1v) is 15.4. The van der Waals surface area contributed by atoms with Crippen molar-refractivity contribution >= 4 is 23.4 Å². The lowest BCUT2D eigenvalue weighted by atomic mass is 9.69. The van der Waals surface area contributed by atoms with Crippen LogP contribution in [0.2, 0.25) is 0 Å². The number of H-pyrrole nitrogens is 1. The normalized spacial score (nSPS) is 17.1. The van der Waals surface area contributed by atoms with Crippen LogP contribution in [-0.4, -0.2) is 22.9 Å². The number of benzene rings is 3. The number of aryl methyl sites for hydroxylation is 1. The van der Waals surface area contributed by atoms with Gasteiger partial charge in [0.2, 0.25) is 0 Å². The van der Waals surface area contributed by atoms with E-state index in [2.05, 4.69) is 55.3 Å². The molecule has 4 aromatic rings. The summed E-state index contributed by atoms with van der Waals surface area (Å²) in [5, 5.41) is 3.94. The minimum atomic E-state index is -0.591. The number of fused-ring (bicyclic) bond motifs is 1. The van der Waals surface area contributed by atoms with Crippen molar-refractivity contribution in [2.75, 3.05) is 12.4 Å². The fourth-order valence-corrected chi connectivity index (χ4v) is 6.67. The molecule has 1 aliphatic carbocycles. The molecule has 0 saturated carbocycles. The first-order valence-electron chi connectivity index (χ1n) is 14.4. The predicted octanol–water partition coefficient (Wildman–Crippen LogP) is 7.16. The SMILES string of the molecule is COc1ccc(C2C3=C(CC(C)(C)CC3=O)Nc3nc(SCc4ccc(C)cc4)[nH]c(=O)c32)cc1OCc1ccccc1. The smallest absolute Gasteiger partial charge is 0.257 e. The lowest BCUT2D eigenvalue weighted by Crippen LogP contribution is -2.37. The summed E-state index contributed by atoms with van der Waals surface area (Å²) >= 11 is 1.48. The summed E-state index contributed by atoms with van der Waals surface area (Å²) in [7, 11) is 1.60. The molecule has 0 amide bonds. The summed E-state index contributed by atoms with van der Waals surface area (Å²) < 4.78 is 11.8. The summed E-state index contributed by atoms with van der Waals surface area (Å²) in [6.07, 6.45) is 1.08. The molecule has 0 fully saturated rings. The van der Waals surface area contributed by atoms with Gasteiger partial charge in [-0.15, -0.1) is 0 Å². The summed E-state index contributed by atoms with van der Waals surface area (Å²) in [4.78, 5) is 35.4. The fraction of sp³-hybridized carbons (Fsp3) is 0.286. The van der Waals surface area contributed by atoms with E-state index in [1.807, 2.05) is 48.5 Å². The Balaban J connectivity index is 1.40. The van der Waals surface area contributed by atoms with Crippen LogP contribution < -0.4 is 20.3 Å².